The molecule has 0 N–H and O–H groups in total. The van der Waals surface area contributed by atoms with Gasteiger partial charge < -0.3 is 9.64 Å². The third-order valence-electron chi connectivity index (χ3n) is 4.17. The summed E-state index contributed by atoms with van der Waals surface area (Å²) < 4.78 is 19.0. The zero-order valence-electron chi connectivity index (χ0n) is 13.4. The Bertz CT molecular complexity index is 796. The molecule has 3 rings (SSSR count). The fourth-order valence-corrected chi connectivity index (χ4v) is 2.90. The van der Waals surface area contributed by atoms with Crippen molar-refractivity contribution in [3.63, 3.8) is 0 Å². The van der Waals surface area contributed by atoms with Gasteiger partial charge in [-0.15, -0.1) is 0 Å². The van der Waals surface area contributed by atoms with Gasteiger partial charge in [-0.3, -0.25) is 14.9 Å². The lowest BCUT2D eigenvalue weighted by molar-refractivity contribution is -0.385. The predicted octanol–water partition coefficient (Wildman–Crippen LogP) is 2.88. The summed E-state index contributed by atoms with van der Waals surface area (Å²) >= 11 is 0. The van der Waals surface area contributed by atoms with E-state index in [1.165, 1.54) is 18.2 Å². The van der Waals surface area contributed by atoms with E-state index in [1.54, 1.807) is 35.2 Å². The molecule has 130 valence electrons. The van der Waals surface area contributed by atoms with E-state index in [-0.39, 0.29) is 23.8 Å². The van der Waals surface area contributed by atoms with Crippen LogP contribution in [0.25, 0.3) is 0 Å². The summed E-state index contributed by atoms with van der Waals surface area (Å²) in [5, 5.41) is 11.1. The van der Waals surface area contributed by atoms with E-state index in [2.05, 4.69) is 0 Å². The number of halogens is 1. The standard InChI is InChI=1S/C18H17FN2O4/c19-15-6-3-5-14(10-15)17-12-20(8-9-25-17)18(22)11-13-4-1-2-7-16(13)21(23)24/h1-7,10,17H,8-9,11-12H2. The first-order valence-corrected chi connectivity index (χ1v) is 7.92. The minimum Gasteiger partial charge on any atom is -0.370 e. The molecule has 1 saturated heterocycles. The topological polar surface area (TPSA) is 72.7 Å². The molecule has 0 aromatic heterocycles. The summed E-state index contributed by atoms with van der Waals surface area (Å²) in [6.45, 7) is 1.04. The normalized spacial score (nSPS) is 17.3. The zero-order chi connectivity index (χ0) is 17.8. The summed E-state index contributed by atoms with van der Waals surface area (Å²) in [5.74, 6) is -0.566. The van der Waals surface area contributed by atoms with Crippen LogP contribution in [0.1, 0.15) is 17.2 Å². The summed E-state index contributed by atoms with van der Waals surface area (Å²) in [6.07, 6.45) is -0.452. The monoisotopic (exact) mass is 344 g/mol. The molecule has 2 aromatic rings. The van der Waals surface area contributed by atoms with Gasteiger partial charge in [0.1, 0.15) is 11.9 Å². The van der Waals surface area contributed by atoms with Gasteiger partial charge >= 0.3 is 0 Å². The minimum absolute atomic E-state index is 0.0486. The highest BCUT2D eigenvalue weighted by atomic mass is 19.1. The second kappa shape index (κ2) is 7.40. The highest BCUT2D eigenvalue weighted by Gasteiger charge is 2.27. The summed E-state index contributed by atoms with van der Waals surface area (Å²) in [4.78, 5) is 24.8. The van der Waals surface area contributed by atoms with Crippen LogP contribution in [0.3, 0.4) is 0 Å². The highest BCUT2D eigenvalue weighted by molar-refractivity contribution is 5.80. The molecule has 2 aromatic carbocycles. The van der Waals surface area contributed by atoms with E-state index in [0.717, 1.165) is 0 Å². The molecule has 1 heterocycles. The second-order valence-electron chi connectivity index (χ2n) is 5.82. The van der Waals surface area contributed by atoms with E-state index in [9.17, 15) is 19.3 Å². The van der Waals surface area contributed by atoms with Gasteiger partial charge in [0.05, 0.1) is 24.5 Å². The van der Waals surface area contributed by atoms with Crippen LogP contribution in [-0.2, 0) is 16.0 Å². The van der Waals surface area contributed by atoms with Gasteiger partial charge in [-0.2, -0.15) is 0 Å². The van der Waals surface area contributed by atoms with Crippen molar-refractivity contribution in [1.82, 2.24) is 4.90 Å². The van der Waals surface area contributed by atoms with Gasteiger partial charge in [0, 0.05) is 18.2 Å². The Hall–Kier alpha value is -2.80. The number of amides is 1. The molecule has 0 saturated carbocycles. The molecule has 7 heteroatoms. The van der Waals surface area contributed by atoms with E-state index in [1.807, 2.05) is 0 Å². The van der Waals surface area contributed by atoms with Crippen molar-refractivity contribution in [2.45, 2.75) is 12.5 Å². The number of para-hydroxylation sites is 1. The summed E-state index contributed by atoms with van der Waals surface area (Å²) in [5.41, 5.74) is 0.986. The lowest BCUT2D eigenvalue weighted by Gasteiger charge is -2.33. The van der Waals surface area contributed by atoms with Crippen molar-refractivity contribution in [2.75, 3.05) is 19.7 Å². The SMILES string of the molecule is O=C(Cc1ccccc1[N+](=O)[O-])N1CCOC(c2cccc(F)c2)C1. The molecular formula is C18H17FN2O4. The molecule has 0 radical (unpaired) electrons. The van der Waals surface area contributed by atoms with Crippen LogP contribution >= 0.6 is 0 Å². The Morgan fingerprint density at radius 3 is 2.84 bits per heavy atom. The van der Waals surface area contributed by atoms with Crippen molar-refractivity contribution >= 4 is 11.6 Å². The number of nitro benzene ring substituents is 1. The molecule has 0 spiro atoms. The Morgan fingerprint density at radius 2 is 2.08 bits per heavy atom. The van der Waals surface area contributed by atoms with Crippen LogP contribution in [0.4, 0.5) is 10.1 Å². The fraction of sp³-hybridized carbons (Fsp3) is 0.278. The van der Waals surface area contributed by atoms with Crippen LogP contribution in [0, 0.1) is 15.9 Å². The molecule has 6 nitrogen and oxygen atoms in total. The Morgan fingerprint density at radius 1 is 1.28 bits per heavy atom. The number of morpholine rings is 1. The molecule has 1 aliphatic heterocycles. The number of nitrogens with zero attached hydrogens (tertiary/aromatic N) is 2. The zero-order valence-corrected chi connectivity index (χ0v) is 13.4. The third-order valence-corrected chi connectivity index (χ3v) is 4.17. The van der Waals surface area contributed by atoms with E-state index in [4.69, 9.17) is 4.74 Å². The molecule has 0 bridgehead atoms. The molecule has 1 amide bonds. The maximum absolute atomic E-state index is 13.4. The first-order valence-electron chi connectivity index (χ1n) is 7.92. The van der Waals surface area contributed by atoms with Crippen LogP contribution in [0.2, 0.25) is 0 Å². The molecular weight excluding hydrogens is 327 g/mol. The van der Waals surface area contributed by atoms with Gasteiger partial charge in [-0.05, 0) is 17.7 Å². The number of nitro groups is 1. The van der Waals surface area contributed by atoms with Gasteiger partial charge in [0.15, 0.2) is 0 Å². The van der Waals surface area contributed by atoms with Crippen molar-refractivity contribution < 1.29 is 18.8 Å². The lowest BCUT2D eigenvalue weighted by Crippen LogP contribution is -2.43. The van der Waals surface area contributed by atoms with Crippen LogP contribution in [-0.4, -0.2) is 35.4 Å². The average molecular weight is 344 g/mol. The minimum atomic E-state index is -0.489. The Balaban J connectivity index is 1.71. The van der Waals surface area contributed by atoms with Crippen molar-refractivity contribution in [3.05, 3.63) is 75.6 Å². The van der Waals surface area contributed by atoms with Gasteiger partial charge in [-0.1, -0.05) is 30.3 Å². The number of hydrogen-bond donors (Lipinski definition) is 0. The summed E-state index contributed by atoms with van der Waals surface area (Å²) in [6, 6.07) is 12.3. The van der Waals surface area contributed by atoms with Gasteiger partial charge in [-0.25, -0.2) is 4.39 Å². The highest BCUT2D eigenvalue weighted by Crippen LogP contribution is 2.24. The summed E-state index contributed by atoms with van der Waals surface area (Å²) in [7, 11) is 0. The number of carbonyl (C=O) groups is 1. The fourth-order valence-electron chi connectivity index (χ4n) is 2.90. The number of ether oxygens (including phenoxy) is 1. The third kappa shape index (κ3) is 4.00. The number of hydrogen-bond acceptors (Lipinski definition) is 4. The van der Waals surface area contributed by atoms with Gasteiger partial charge in [0.2, 0.25) is 5.91 Å². The quantitative estimate of drug-likeness (QED) is 0.631. The maximum atomic E-state index is 13.4. The lowest BCUT2D eigenvalue weighted by atomic mass is 10.1. The van der Waals surface area contributed by atoms with Crippen LogP contribution < -0.4 is 0 Å². The molecule has 0 aliphatic carbocycles. The first-order chi connectivity index (χ1) is 12.0. The molecule has 1 aliphatic rings. The maximum Gasteiger partial charge on any atom is 0.273 e. The molecule has 1 fully saturated rings. The Labute approximate surface area is 144 Å². The predicted molar refractivity (Wildman–Crippen MR) is 88.5 cm³/mol. The molecule has 25 heavy (non-hydrogen) atoms. The first kappa shape index (κ1) is 17.0. The number of benzene rings is 2. The van der Waals surface area contributed by atoms with Gasteiger partial charge in [0.25, 0.3) is 5.69 Å². The van der Waals surface area contributed by atoms with Crippen molar-refractivity contribution in [2.24, 2.45) is 0 Å². The van der Waals surface area contributed by atoms with Crippen LogP contribution in [0.15, 0.2) is 48.5 Å². The van der Waals surface area contributed by atoms with Crippen molar-refractivity contribution in [1.29, 1.82) is 0 Å². The molecule has 1 unspecified atom stereocenters. The number of carbonyl (C=O) groups excluding carboxylic acids is 1. The van der Waals surface area contributed by atoms with Crippen molar-refractivity contribution in [3.8, 4) is 0 Å². The van der Waals surface area contributed by atoms with Crippen LogP contribution in [0.5, 0.6) is 0 Å². The smallest absolute Gasteiger partial charge is 0.273 e. The second-order valence-corrected chi connectivity index (χ2v) is 5.82. The Kier molecular flexibility index (Phi) is 5.04. The van der Waals surface area contributed by atoms with E-state index < -0.39 is 11.0 Å². The number of rotatable bonds is 4. The molecule has 1 atom stereocenters. The van der Waals surface area contributed by atoms with E-state index in [0.29, 0.717) is 30.8 Å². The van der Waals surface area contributed by atoms with E-state index >= 15 is 0 Å². The largest absolute Gasteiger partial charge is 0.370 e. The average Bonchev–Trinajstić information content (AvgIpc) is 2.62.